The Bertz CT molecular complexity index is 588. The normalized spacial score (nSPS) is 15.2. The summed E-state index contributed by atoms with van der Waals surface area (Å²) in [5.41, 5.74) is 3.04. The summed E-state index contributed by atoms with van der Waals surface area (Å²) in [5, 5.41) is 3.60. The monoisotopic (exact) mass is 332 g/mol. The molecular formula is C20H32N2O2. The molecule has 0 saturated heterocycles. The molecular weight excluding hydrogens is 300 g/mol. The third-order valence-corrected chi connectivity index (χ3v) is 4.56. The highest BCUT2D eigenvalue weighted by atomic mass is 16.6. The summed E-state index contributed by atoms with van der Waals surface area (Å²) in [6, 6.07) is 6.33. The molecule has 1 N–H and O–H groups in total. The van der Waals surface area contributed by atoms with Gasteiger partial charge in [-0.2, -0.15) is 0 Å². The first-order valence-corrected chi connectivity index (χ1v) is 8.99. The third-order valence-electron chi connectivity index (χ3n) is 4.56. The molecule has 0 bridgehead atoms. The number of fused-ring (bicyclic) bond motifs is 1. The van der Waals surface area contributed by atoms with Crippen LogP contribution < -0.4 is 10.2 Å². The van der Waals surface area contributed by atoms with E-state index in [1.165, 1.54) is 11.1 Å². The molecule has 1 aromatic carbocycles. The molecule has 0 aromatic heterocycles. The summed E-state index contributed by atoms with van der Waals surface area (Å²) >= 11 is 0. The first kappa shape index (κ1) is 18.8. The lowest BCUT2D eigenvalue weighted by molar-refractivity contribution is 0.0577. The molecule has 0 fully saturated rings. The predicted octanol–water partition coefficient (Wildman–Crippen LogP) is 4.65. The van der Waals surface area contributed by atoms with Gasteiger partial charge >= 0.3 is 6.09 Å². The topological polar surface area (TPSA) is 41.6 Å². The summed E-state index contributed by atoms with van der Waals surface area (Å²) in [5.74, 6) is 0. The van der Waals surface area contributed by atoms with E-state index >= 15 is 0 Å². The Labute approximate surface area is 146 Å². The van der Waals surface area contributed by atoms with Crippen LogP contribution in [0.2, 0.25) is 0 Å². The lowest BCUT2D eigenvalue weighted by Gasteiger charge is -2.34. The van der Waals surface area contributed by atoms with Crippen LogP contribution in [0.15, 0.2) is 18.2 Å². The number of anilines is 1. The van der Waals surface area contributed by atoms with E-state index in [1.807, 2.05) is 25.7 Å². The standard InChI is InChI=1S/C20H32N2O2/c1-7-20(5,6)21-14-16-11-8-10-15-12-9-13-22(17(15)16)18(23)24-19(2,3)4/h8,10-11,21H,7,9,12-14H2,1-6H3. The number of nitrogens with zero attached hydrogens (tertiary/aromatic N) is 1. The molecule has 1 amide bonds. The highest BCUT2D eigenvalue weighted by Gasteiger charge is 2.29. The summed E-state index contributed by atoms with van der Waals surface area (Å²) in [6.07, 6.45) is 2.80. The lowest BCUT2D eigenvalue weighted by Crippen LogP contribution is -2.42. The van der Waals surface area contributed by atoms with Crippen molar-refractivity contribution in [2.75, 3.05) is 11.4 Å². The zero-order valence-electron chi connectivity index (χ0n) is 16.0. The number of carbonyl (C=O) groups excluding carboxylic acids is 1. The van der Waals surface area contributed by atoms with Crippen LogP contribution in [0.25, 0.3) is 0 Å². The number of rotatable bonds is 4. The maximum Gasteiger partial charge on any atom is 0.414 e. The second kappa shape index (κ2) is 7.14. The van der Waals surface area contributed by atoms with Crippen LogP contribution in [0.3, 0.4) is 0 Å². The zero-order chi connectivity index (χ0) is 18.0. The second-order valence-electron chi connectivity index (χ2n) is 8.25. The van der Waals surface area contributed by atoms with E-state index in [2.05, 4.69) is 44.3 Å². The fourth-order valence-electron chi connectivity index (χ4n) is 2.83. The minimum atomic E-state index is -0.480. The van der Waals surface area contributed by atoms with Crippen molar-refractivity contribution in [2.45, 2.75) is 78.5 Å². The molecule has 0 unspecified atom stereocenters. The van der Waals surface area contributed by atoms with Crippen molar-refractivity contribution >= 4 is 11.8 Å². The second-order valence-corrected chi connectivity index (χ2v) is 8.25. The van der Waals surface area contributed by atoms with Crippen LogP contribution >= 0.6 is 0 Å². The maximum absolute atomic E-state index is 12.7. The van der Waals surface area contributed by atoms with Crippen molar-refractivity contribution in [1.29, 1.82) is 0 Å². The fraction of sp³-hybridized carbons (Fsp3) is 0.650. The number of aryl methyl sites for hydroxylation is 1. The molecule has 1 aromatic rings. The first-order valence-electron chi connectivity index (χ1n) is 8.99. The Hall–Kier alpha value is -1.55. The van der Waals surface area contributed by atoms with E-state index in [9.17, 15) is 4.79 Å². The highest BCUT2D eigenvalue weighted by Crippen LogP contribution is 2.32. The van der Waals surface area contributed by atoms with Crippen molar-refractivity contribution in [1.82, 2.24) is 5.32 Å². The van der Waals surface area contributed by atoms with Gasteiger partial charge in [-0.15, -0.1) is 0 Å². The first-order chi connectivity index (χ1) is 11.1. The van der Waals surface area contributed by atoms with Crippen LogP contribution in [-0.2, 0) is 17.7 Å². The number of amides is 1. The molecule has 1 aliphatic rings. The summed E-state index contributed by atoms with van der Waals surface area (Å²) < 4.78 is 5.62. The molecule has 134 valence electrons. The van der Waals surface area contributed by atoms with Gasteiger partial charge in [0, 0.05) is 18.6 Å². The lowest BCUT2D eigenvalue weighted by atomic mass is 9.96. The highest BCUT2D eigenvalue weighted by molar-refractivity contribution is 5.90. The minimum absolute atomic E-state index is 0.0775. The van der Waals surface area contributed by atoms with Crippen molar-refractivity contribution in [2.24, 2.45) is 0 Å². The molecule has 0 radical (unpaired) electrons. The number of para-hydroxylation sites is 1. The Morgan fingerprint density at radius 3 is 2.58 bits per heavy atom. The van der Waals surface area contributed by atoms with Gasteiger partial charge in [0.25, 0.3) is 0 Å². The van der Waals surface area contributed by atoms with Crippen molar-refractivity contribution in [3.8, 4) is 0 Å². The average molecular weight is 332 g/mol. The molecule has 0 aliphatic carbocycles. The molecule has 1 aliphatic heterocycles. The molecule has 2 rings (SSSR count). The van der Waals surface area contributed by atoms with Gasteiger partial charge in [-0.05, 0) is 65.0 Å². The van der Waals surface area contributed by atoms with E-state index in [-0.39, 0.29) is 11.6 Å². The van der Waals surface area contributed by atoms with E-state index < -0.39 is 5.60 Å². The van der Waals surface area contributed by atoms with Gasteiger partial charge in [-0.3, -0.25) is 4.90 Å². The summed E-state index contributed by atoms with van der Waals surface area (Å²) in [7, 11) is 0. The largest absolute Gasteiger partial charge is 0.443 e. The number of benzene rings is 1. The van der Waals surface area contributed by atoms with E-state index in [0.717, 1.165) is 38.0 Å². The van der Waals surface area contributed by atoms with Gasteiger partial charge in [0.15, 0.2) is 0 Å². The SMILES string of the molecule is CCC(C)(C)NCc1cccc2c1N(C(=O)OC(C)(C)C)CCC2. The van der Waals surface area contributed by atoms with Crippen LogP contribution in [0, 0.1) is 0 Å². The molecule has 0 saturated carbocycles. The Balaban J connectivity index is 2.28. The third kappa shape index (κ3) is 4.73. The molecule has 4 heteroatoms. The smallest absolute Gasteiger partial charge is 0.414 e. The van der Waals surface area contributed by atoms with Crippen molar-refractivity contribution in [3.05, 3.63) is 29.3 Å². The number of nitrogens with one attached hydrogen (secondary N) is 1. The van der Waals surface area contributed by atoms with E-state index in [4.69, 9.17) is 4.74 Å². The quantitative estimate of drug-likeness (QED) is 0.872. The van der Waals surface area contributed by atoms with E-state index in [0.29, 0.717) is 0 Å². The van der Waals surface area contributed by atoms with Crippen LogP contribution in [0.4, 0.5) is 10.5 Å². The molecule has 0 atom stereocenters. The summed E-state index contributed by atoms with van der Waals surface area (Å²) in [6.45, 7) is 13.8. The molecule has 4 nitrogen and oxygen atoms in total. The fourth-order valence-corrected chi connectivity index (χ4v) is 2.83. The van der Waals surface area contributed by atoms with Gasteiger partial charge in [-0.1, -0.05) is 25.1 Å². The predicted molar refractivity (Wildman–Crippen MR) is 99.6 cm³/mol. The van der Waals surface area contributed by atoms with Gasteiger partial charge in [-0.25, -0.2) is 4.79 Å². The molecule has 0 spiro atoms. The number of hydrogen-bond donors (Lipinski definition) is 1. The zero-order valence-corrected chi connectivity index (χ0v) is 16.0. The van der Waals surface area contributed by atoms with Gasteiger partial charge in [0.05, 0.1) is 5.69 Å². The Morgan fingerprint density at radius 2 is 1.96 bits per heavy atom. The average Bonchev–Trinajstić information content (AvgIpc) is 2.50. The minimum Gasteiger partial charge on any atom is -0.443 e. The number of hydrogen-bond acceptors (Lipinski definition) is 3. The Kier molecular flexibility index (Phi) is 5.59. The van der Waals surface area contributed by atoms with Gasteiger partial charge in [0.1, 0.15) is 5.60 Å². The maximum atomic E-state index is 12.7. The van der Waals surface area contributed by atoms with Crippen LogP contribution in [0.1, 0.15) is 65.5 Å². The molecule has 24 heavy (non-hydrogen) atoms. The van der Waals surface area contributed by atoms with E-state index in [1.54, 1.807) is 0 Å². The molecule has 1 heterocycles. The van der Waals surface area contributed by atoms with Crippen molar-refractivity contribution < 1.29 is 9.53 Å². The van der Waals surface area contributed by atoms with Crippen LogP contribution in [-0.4, -0.2) is 23.8 Å². The number of ether oxygens (including phenoxy) is 1. The van der Waals surface area contributed by atoms with Crippen LogP contribution in [0.5, 0.6) is 0 Å². The van der Waals surface area contributed by atoms with Gasteiger partial charge < -0.3 is 10.1 Å². The van der Waals surface area contributed by atoms with Gasteiger partial charge in [0.2, 0.25) is 0 Å². The van der Waals surface area contributed by atoms with Crippen molar-refractivity contribution in [3.63, 3.8) is 0 Å². The Morgan fingerprint density at radius 1 is 1.25 bits per heavy atom. The number of carbonyl (C=O) groups is 1. The summed E-state index contributed by atoms with van der Waals surface area (Å²) in [4.78, 5) is 14.5.